The SMILES string of the molecule is O=C(CCCNC(=O)c1ccsc1)NNC(=O)Cc1ccc(F)cc1. The quantitative estimate of drug-likeness (QED) is 0.518. The lowest BCUT2D eigenvalue weighted by molar-refractivity contribution is -0.128. The van der Waals surface area contributed by atoms with Crippen LogP contribution in [0.15, 0.2) is 41.1 Å². The first kappa shape index (κ1) is 18.6. The van der Waals surface area contributed by atoms with E-state index in [0.717, 1.165) is 0 Å². The standard InChI is InChI=1S/C17H18FN3O3S/c18-14-5-3-12(4-6-14)10-16(23)21-20-15(22)2-1-8-19-17(24)13-7-9-25-11-13/h3-7,9,11H,1-2,8,10H2,(H,19,24)(H,20,22)(H,21,23). The van der Waals surface area contributed by atoms with Gasteiger partial charge in [0.15, 0.2) is 0 Å². The van der Waals surface area contributed by atoms with Crippen LogP contribution in [0.4, 0.5) is 4.39 Å². The maximum atomic E-state index is 12.8. The molecule has 2 rings (SSSR count). The van der Waals surface area contributed by atoms with E-state index >= 15 is 0 Å². The van der Waals surface area contributed by atoms with E-state index in [1.54, 1.807) is 11.4 Å². The zero-order valence-corrected chi connectivity index (χ0v) is 14.2. The summed E-state index contributed by atoms with van der Waals surface area (Å²) >= 11 is 1.44. The highest BCUT2D eigenvalue weighted by molar-refractivity contribution is 7.08. The van der Waals surface area contributed by atoms with Crippen LogP contribution in [0.1, 0.15) is 28.8 Å². The summed E-state index contributed by atoms with van der Waals surface area (Å²) in [6, 6.07) is 7.28. The molecular weight excluding hydrogens is 345 g/mol. The molecule has 0 saturated heterocycles. The first-order valence-electron chi connectivity index (χ1n) is 7.67. The Bertz CT molecular complexity index is 717. The van der Waals surface area contributed by atoms with Gasteiger partial charge in [-0.3, -0.25) is 25.2 Å². The van der Waals surface area contributed by atoms with Gasteiger partial charge in [-0.25, -0.2) is 4.39 Å². The summed E-state index contributed by atoms with van der Waals surface area (Å²) in [6.07, 6.45) is 0.660. The highest BCUT2D eigenvalue weighted by atomic mass is 32.1. The summed E-state index contributed by atoms with van der Waals surface area (Å²) in [5.74, 6) is -1.29. The van der Waals surface area contributed by atoms with E-state index in [9.17, 15) is 18.8 Å². The Morgan fingerprint density at radius 3 is 2.40 bits per heavy atom. The molecule has 0 spiro atoms. The van der Waals surface area contributed by atoms with Crippen molar-refractivity contribution in [3.05, 3.63) is 58.0 Å². The number of rotatable bonds is 7. The number of carbonyl (C=O) groups is 3. The maximum absolute atomic E-state index is 12.8. The van der Waals surface area contributed by atoms with E-state index in [1.807, 2.05) is 5.38 Å². The van der Waals surface area contributed by atoms with Crippen LogP contribution in [0.3, 0.4) is 0 Å². The summed E-state index contributed by atoms with van der Waals surface area (Å²) in [4.78, 5) is 35.0. The molecule has 0 bridgehead atoms. The van der Waals surface area contributed by atoms with Crippen LogP contribution in [-0.4, -0.2) is 24.3 Å². The zero-order valence-electron chi connectivity index (χ0n) is 13.4. The Morgan fingerprint density at radius 2 is 1.72 bits per heavy atom. The van der Waals surface area contributed by atoms with Crippen LogP contribution < -0.4 is 16.2 Å². The van der Waals surface area contributed by atoms with Gasteiger partial charge in [0, 0.05) is 23.9 Å². The lowest BCUT2D eigenvalue weighted by atomic mass is 10.1. The van der Waals surface area contributed by atoms with Crippen molar-refractivity contribution < 1.29 is 18.8 Å². The molecule has 0 fully saturated rings. The molecule has 1 aromatic carbocycles. The average Bonchev–Trinajstić information content (AvgIpc) is 3.13. The van der Waals surface area contributed by atoms with Gasteiger partial charge in [0.2, 0.25) is 11.8 Å². The van der Waals surface area contributed by atoms with Gasteiger partial charge < -0.3 is 5.32 Å². The smallest absolute Gasteiger partial charge is 0.252 e. The average molecular weight is 363 g/mol. The van der Waals surface area contributed by atoms with Crippen LogP contribution in [0, 0.1) is 5.82 Å². The van der Waals surface area contributed by atoms with E-state index in [0.29, 0.717) is 24.1 Å². The number of hydrazine groups is 1. The van der Waals surface area contributed by atoms with E-state index in [4.69, 9.17) is 0 Å². The molecule has 3 N–H and O–H groups in total. The fourth-order valence-electron chi connectivity index (χ4n) is 1.98. The molecule has 25 heavy (non-hydrogen) atoms. The second-order valence-electron chi connectivity index (χ2n) is 5.27. The van der Waals surface area contributed by atoms with Crippen molar-refractivity contribution in [2.24, 2.45) is 0 Å². The highest BCUT2D eigenvalue weighted by Crippen LogP contribution is 2.05. The zero-order chi connectivity index (χ0) is 18.1. The number of hydrogen-bond acceptors (Lipinski definition) is 4. The fraction of sp³-hybridized carbons (Fsp3) is 0.235. The van der Waals surface area contributed by atoms with Gasteiger partial charge in [0.05, 0.1) is 6.42 Å². The summed E-state index contributed by atoms with van der Waals surface area (Å²) in [5.41, 5.74) is 5.85. The van der Waals surface area contributed by atoms with Crippen molar-refractivity contribution in [1.29, 1.82) is 0 Å². The number of halogens is 1. The van der Waals surface area contributed by atoms with Crippen molar-refractivity contribution in [2.75, 3.05) is 6.54 Å². The molecule has 0 saturated carbocycles. The molecule has 0 aliphatic carbocycles. The lowest BCUT2D eigenvalue weighted by Crippen LogP contribution is -2.42. The van der Waals surface area contributed by atoms with Crippen molar-refractivity contribution in [3.8, 4) is 0 Å². The third kappa shape index (κ3) is 6.72. The topological polar surface area (TPSA) is 87.3 Å². The van der Waals surface area contributed by atoms with Gasteiger partial charge in [-0.05, 0) is 35.6 Å². The van der Waals surface area contributed by atoms with Gasteiger partial charge in [-0.1, -0.05) is 12.1 Å². The first-order valence-corrected chi connectivity index (χ1v) is 8.61. The second kappa shape index (κ2) is 9.53. The Balaban J connectivity index is 1.58. The third-order valence-electron chi connectivity index (χ3n) is 3.27. The van der Waals surface area contributed by atoms with Gasteiger partial charge in [-0.15, -0.1) is 0 Å². The number of carbonyl (C=O) groups excluding carboxylic acids is 3. The number of thiophene rings is 1. The molecule has 8 heteroatoms. The minimum absolute atomic E-state index is 0.0389. The van der Waals surface area contributed by atoms with E-state index in [2.05, 4.69) is 16.2 Å². The molecule has 132 valence electrons. The molecule has 0 unspecified atom stereocenters. The first-order chi connectivity index (χ1) is 12.0. The van der Waals surface area contributed by atoms with Crippen molar-refractivity contribution in [2.45, 2.75) is 19.3 Å². The summed E-state index contributed by atoms with van der Waals surface area (Å²) < 4.78 is 12.8. The van der Waals surface area contributed by atoms with E-state index in [-0.39, 0.29) is 30.5 Å². The van der Waals surface area contributed by atoms with Crippen molar-refractivity contribution in [3.63, 3.8) is 0 Å². The van der Waals surface area contributed by atoms with Crippen LogP contribution in [0.25, 0.3) is 0 Å². The predicted molar refractivity (Wildman–Crippen MR) is 92.3 cm³/mol. The van der Waals surface area contributed by atoms with Crippen LogP contribution in [0.2, 0.25) is 0 Å². The number of amides is 3. The minimum Gasteiger partial charge on any atom is -0.352 e. The molecule has 0 aliphatic heterocycles. The Morgan fingerprint density at radius 1 is 1.00 bits per heavy atom. The summed E-state index contributed by atoms with van der Waals surface area (Å²) in [5, 5.41) is 6.28. The largest absolute Gasteiger partial charge is 0.352 e. The predicted octanol–water partition coefficient (Wildman–Crippen LogP) is 1.79. The Kier molecular flexibility index (Phi) is 7.09. The molecule has 1 heterocycles. The van der Waals surface area contributed by atoms with Gasteiger partial charge in [-0.2, -0.15) is 11.3 Å². The molecule has 0 radical (unpaired) electrons. The maximum Gasteiger partial charge on any atom is 0.252 e. The molecule has 1 aromatic heterocycles. The van der Waals surface area contributed by atoms with Crippen LogP contribution >= 0.6 is 11.3 Å². The van der Waals surface area contributed by atoms with Gasteiger partial charge in [0.25, 0.3) is 5.91 Å². The van der Waals surface area contributed by atoms with E-state index < -0.39 is 5.91 Å². The fourth-order valence-corrected chi connectivity index (χ4v) is 2.62. The molecule has 0 aliphatic rings. The Hall–Kier alpha value is -2.74. The van der Waals surface area contributed by atoms with Gasteiger partial charge >= 0.3 is 0 Å². The molecule has 3 amide bonds. The number of benzene rings is 1. The number of hydrogen-bond donors (Lipinski definition) is 3. The van der Waals surface area contributed by atoms with Gasteiger partial charge in [0.1, 0.15) is 5.82 Å². The molecule has 6 nitrogen and oxygen atoms in total. The molecule has 0 atom stereocenters. The third-order valence-corrected chi connectivity index (χ3v) is 3.95. The van der Waals surface area contributed by atoms with Crippen molar-refractivity contribution >= 4 is 29.1 Å². The van der Waals surface area contributed by atoms with Crippen molar-refractivity contribution in [1.82, 2.24) is 16.2 Å². The molecular formula is C17H18FN3O3S. The highest BCUT2D eigenvalue weighted by Gasteiger charge is 2.07. The summed E-state index contributed by atoms with van der Waals surface area (Å²) in [7, 11) is 0. The Labute approximate surface area is 148 Å². The minimum atomic E-state index is -0.397. The van der Waals surface area contributed by atoms with Crippen LogP contribution in [-0.2, 0) is 16.0 Å². The molecule has 2 aromatic rings. The normalized spacial score (nSPS) is 10.1. The lowest BCUT2D eigenvalue weighted by Gasteiger charge is -2.08. The van der Waals surface area contributed by atoms with Crippen LogP contribution in [0.5, 0.6) is 0 Å². The summed E-state index contributed by atoms with van der Waals surface area (Å²) in [6.45, 7) is 0.367. The van der Waals surface area contributed by atoms with E-state index in [1.165, 1.54) is 35.6 Å². The monoisotopic (exact) mass is 363 g/mol. The second-order valence-corrected chi connectivity index (χ2v) is 6.05. The number of nitrogens with one attached hydrogen (secondary N) is 3.